The van der Waals surface area contributed by atoms with E-state index in [1.54, 1.807) is 0 Å². The van der Waals surface area contributed by atoms with E-state index in [4.69, 9.17) is 4.74 Å². The Balaban J connectivity index is 1.72. The van der Waals surface area contributed by atoms with E-state index in [1.807, 2.05) is 74.5 Å². The number of H-pyrrole nitrogens is 1. The molecule has 25 heavy (non-hydrogen) atoms. The van der Waals surface area contributed by atoms with Crippen molar-refractivity contribution < 1.29 is 4.74 Å². The quantitative estimate of drug-likeness (QED) is 0.546. The lowest BCUT2D eigenvalue weighted by Gasteiger charge is -2.13. The van der Waals surface area contributed by atoms with Crippen molar-refractivity contribution >= 4 is 22.5 Å². The average Bonchev–Trinajstić information content (AvgIpc) is 2.98. The number of ether oxygens (including phenoxy) is 1. The maximum Gasteiger partial charge on any atom is 0.150 e. The first-order chi connectivity index (χ1) is 12.2. The summed E-state index contributed by atoms with van der Waals surface area (Å²) in [5, 5.41) is 4.35. The summed E-state index contributed by atoms with van der Waals surface area (Å²) in [6.07, 6.45) is 0. The number of fused-ring (bicyclic) bond motifs is 1. The number of nitrogens with zero attached hydrogens (tertiary/aromatic N) is 2. The minimum atomic E-state index is 0.707. The number of anilines is 2. The largest absolute Gasteiger partial charge is 0.455 e. The minimum Gasteiger partial charge on any atom is -0.455 e. The third-order valence-corrected chi connectivity index (χ3v) is 3.85. The number of aryl methyl sites for hydroxylation is 2. The van der Waals surface area contributed by atoms with Crippen molar-refractivity contribution in [1.29, 1.82) is 0 Å². The molecule has 0 aliphatic rings. The second-order valence-corrected chi connectivity index (χ2v) is 5.87. The molecule has 0 saturated heterocycles. The molecule has 0 amide bonds. The van der Waals surface area contributed by atoms with Crippen LogP contribution in [0.25, 0.3) is 11.0 Å². The molecular formula is C20H18N4O. The number of hydrogen-bond donors (Lipinski definition) is 2. The molecule has 124 valence electrons. The Hall–Kier alpha value is -3.34. The number of nitrogens with one attached hydrogen (secondary N) is 2. The molecule has 0 radical (unpaired) electrons. The zero-order valence-corrected chi connectivity index (χ0v) is 14.1. The molecule has 5 heteroatoms. The van der Waals surface area contributed by atoms with Crippen LogP contribution in [0.1, 0.15) is 11.5 Å². The summed E-state index contributed by atoms with van der Waals surface area (Å²) in [6.45, 7) is 3.89. The standard InChI is InChI=1S/C20H18N4O/c1-13-12-16-19(21-13)22-14(2)23-20(16)24-17-10-6-7-11-18(17)25-15-8-4-3-5-9-15/h3-12H,1-2H3,(H2,21,22,23,24). The molecule has 5 nitrogen and oxygen atoms in total. The van der Waals surface area contributed by atoms with Gasteiger partial charge in [-0.25, -0.2) is 9.97 Å². The lowest BCUT2D eigenvalue weighted by atomic mass is 10.2. The zero-order valence-electron chi connectivity index (χ0n) is 14.1. The lowest BCUT2D eigenvalue weighted by Crippen LogP contribution is -1.99. The normalized spacial score (nSPS) is 10.8. The van der Waals surface area contributed by atoms with Gasteiger partial charge < -0.3 is 15.0 Å². The van der Waals surface area contributed by atoms with Gasteiger partial charge in [0.15, 0.2) is 5.75 Å². The Morgan fingerprint density at radius 3 is 2.52 bits per heavy atom. The van der Waals surface area contributed by atoms with Crippen LogP contribution in [0, 0.1) is 13.8 Å². The van der Waals surface area contributed by atoms with E-state index in [0.717, 1.165) is 39.7 Å². The number of rotatable bonds is 4. The first-order valence-electron chi connectivity index (χ1n) is 8.12. The molecule has 0 saturated carbocycles. The molecule has 0 aliphatic carbocycles. The highest BCUT2D eigenvalue weighted by atomic mass is 16.5. The fourth-order valence-electron chi connectivity index (χ4n) is 2.75. The van der Waals surface area contributed by atoms with Gasteiger partial charge in [0.05, 0.1) is 11.1 Å². The van der Waals surface area contributed by atoms with Crippen molar-refractivity contribution in [2.75, 3.05) is 5.32 Å². The molecule has 4 rings (SSSR count). The first-order valence-corrected chi connectivity index (χ1v) is 8.12. The molecule has 4 aromatic rings. The van der Waals surface area contributed by atoms with Gasteiger partial charge in [-0.1, -0.05) is 30.3 Å². The van der Waals surface area contributed by atoms with Crippen molar-refractivity contribution in [3.8, 4) is 11.5 Å². The van der Waals surface area contributed by atoms with Gasteiger partial charge in [0.25, 0.3) is 0 Å². The highest BCUT2D eigenvalue weighted by Gasteiger charge is 2.11. The molecule has 0 aliphatic heterocycles. The topological polar surface area (TPSA) is 62.8 Å². The third kappa shape index (κ3) is 3.17. The SMILES string of the molecule is Cc1nc(Nc2ccccc2Oc2ccccc2)c2cc(C)[nH]c2n1. The van der Waals surface area contributed by atoms with E-state index in [2.05, 4.69) is 20.3 Å². The molecular weight excluding hydrogens is 312 g/mol. The Labute approximate surface area is 145 Å². The number of hydrogen-bond acceptors (Lipinski definition) is 4. The minimum absolute atomic E-state index is 0.707. The molecule has 0 unspecified atom stereocenters. The Bertz CT molecular complexity index is 1020. The summed E-state index contributed by atoms with van der Waals surface area (Å²) in [7, 11) is 0. The van der Waals surface area contributed by atoms with Gasteiger partial charge in [-0.15, -0.1) is 0 Å². The van der Waals surface area contributed by atoms with E-state index in [-0.39, 0.29) is 0 Å². The summed E-state index contributed by atoms with van der Waals surface area (Å²) < 4.78 is 6.02. The summed E-state index contributed by atoms with van der Waals surface area (Å²) in [4.78, 5) is 12.3. The zero-order chi connectivity index (χ0) is 17.2. The van der Waals surface area contributed by atoms with E-state index in [9.17, 15) is 0 Å². The van der Waals surface area contributed by atoms with Crippen molar-refractivity contribution in [3.05, 3.63) is 72.2 Å². The monoisotopic (exact) mass is 330 g/mol. The molecule has 2 aromatic heterocycles. The number of aromatic amines is 1. The molecule has 2 N–H and O–H groups in total. The van der Waals surface area contributed by atoms with Gasteiger partial charge >= 0.3 is 0 Å². The molecule has 2 heterocycles. The Morgan fingerprint density at radius 2 is 1.68 bits per heavy atom. The van der Waals surface area contributed by atoms with Crippen molar-refractivity contribution in [2.45, 2.75) is 13.8 Å². The highest BCUT2D eigenvalue weighted by Crippen LogP contribution is 2.33. The van der Waals surface area contributed by atoms with E-state index >= 15 is 0 Å². The molecule has 0 spiro atoms. The predicted octanol–water partition coefficient (Wildman–Crippen LogP) is 5.11. The van der Waals surface area contributed by atoms with E-state index < -0.39 is 0 Å². The second kappa shape index (κ2) is 6.28. The van der Waals surface area contributed by atoms with Gasteiger partial charge in [0.2, 0.25) is 0 Å². The fraction of sp³-hybridized carbons (Fsp3) is 0.100. The van der Waals surface area contributed by atoms with Gasteiger partial charge in [0.1, 0.15) is 23.0 Å². The average molecular weight is 330 g/mol. The molecule has 0 fully saturated rings. The first kappa shape index (κ1) is 15.2. The summed E-state index contributed by atoms with van der Waals surface area (Å²) >= 11 is 0. The molecule has 2 aromatic carbocycles. The van der Waals surface area contributed by atoms with Crippen LogP contribution in [0.3, 0.4) is 0 Å². The Morgan fingerprint density at radius 1 is 0.920 bits per heavy atom. The number of aromatic nitrogens is 3. The van der Waals surface area contributed by atoms with Crippen LogP contribution >= 0.6 is 0 Å². The van der Waals surface area contributed by atoms with Crippen LogP contribution in [-0.4, -0.2) is 15.0 Å². The van der Waals surface area contributed by atoms with Crippen LogP contribution in [0.2, 0.25) is 0 Å². The van der Waals surface area contributed by atoms with Crippen LogP contribution < -0.4 is 10.1 Å². The van der Waals surface area contributed by atoms with Gasteiger partial charge in [-0.05, 0) is 44.2 Å². The summed E-state index contributed by atoms with van der Waals surface area (Å²) in [6, 6.07) is 19.6. The molecule has 0 bridgehead atoms. The van der Waals surface area contributed by atoms with Crippen LogP contribution in [0.4, 0.5) is 11.5 Å². The van der Waals surface area contributed by atoms with Crippen LogP contribution in [-0.2, 0) is 0 Å². The highest BCUT2D eigenvalue weighted by molar-refractivity contribution is 5.90. The van der Waals surface area contributed by atoms with Gasteiger partial charge in [-0.3, -0.25) is 0 Å². The fourth-order valence-corrected chi connectivity index (χ4v) is 2.75. The molecule has 0 atom stereocenters. The Kier molecular flexibility index (Phi) is 3.82. The number of para-hydroxylation sites is 3. The van der Waals surface area contributed by atoms with Crippen molar-refractivity contribution in [1.82, 2.24) is 15.0 Å². The summed E-state index contributed by atoms with van der Waals surface area (Å²) in [5.41, 5.74) is 2.73. The van der Waals surface area contributed by atoms with Crippen molar-refractivity contribution in [3.63, 3.8) is 0 Å². The van der Waals surface area contributed by atoms with E-state index in [0.29, 0.717) is 5.82 Å². The second-order valence-electron chi connectivity index (χ2n) is 5.87. The van der Waals surface area contributed by atoms with E-state index in [1.165, 1.54) is 0 Å². The third-order valence-electron chi connectivity index (χ3n) is 3.85. The number of benzene rings is 2. The smallest absolute Gasteiger partial charge is 0.150 e. The lowest BCUT2D eigenvalue weighted by molar-refractivity contribution is 0.485. The predicted molar refractivity (Wildman–Crippen MR) is 99.6 cm³/mol. The van der Waals surface area contributed by atoms with Crippen molar-refractivity contribution in [2.24, 2.45) is 0 Å². The maximum absolute atomic E-state index is 6.02. The summed E-state index contributed by atoms with van der Waals surface area (Å²) in [5.74, 6) is 3.00. The maximum atomic E-state index is 6.02. The van der Waals surface area contributed by atoms with Crippen LogP contribution in [0.15, 0.2) is 60.7 Å². The van der Waals surface area contributed by atoms with Crippen LogP contribution in [0.5, 0.6) is 11.5 Å². The van der Waals surface area contributed by atoms with Gasteiger partial charge in [0, 0.05) is 5.69 Å². The van der Waals surface area contributed by atoms with Gasteiger partial charge in [-0.2, -0.15) is 0 Å².